The Morgan fingerprint density at radius 1 is 0.784 bits per heavy atom. The summed E-state index contributed by atoms with van der Waals surface area (Å²) in [4.78, 5) is 12.4. The first-order valence-corrected chi connectivity index (χ1v) is 12.5. The van der Waals surface area contributed by atoms with Gasteiger partial charge in [-0.2, -0.15) is 0 Å². The van der Waals surface area contributed by atoms with Crippen LogP contribution in [-0.2, 0) is 23.7 Å². The highest BCUT2D eigenvalue weighted by atomic mass is 16.7. The minimum absolute atomic E-state index is 0.112. The lowest BCUT2D eigenvalue weighted by Crippen LogP contribution is -2.59. The fourth-order valence-electron chi connectivity index (χ4n) is 4.05. The summed E-state index contributed by atoms with van der Waals surface area (Å²) in [6.07, 6.45) is -12.0. The van der Waals surface area contributed by atoms with Crippen molar-refractivity contribution < 1.29 is 64.6 Å². The van der Waals surface area contributed by atoms with E-state index in [1.807, 2.05) is 0 Å². The summed E-state index contributed by atoms with van der Waals surface area (Å²) in [5.74, 6) is -0.285. The molecule has 0 aromatic heterocycles. The fraction of sp³-hybridized carbons (Fsp3) is 0.955. The molecule has 0 bridgehead atoms. The predicted octanol–water partition coefficient (Wildman–Crippen LogP) is -4.99. The SMILES string of the molecule is NCCCCCC(=O)N[C@@H](CCO[C@H]1O[C@H](CO)[C@@H](O)[C@H](O)[C@@H]1O)CO[C@H]1O[C@H](CO)[C@@H](O)[C@H](O)[C@@H]1O. The first-order chi connectivity index (χ1) is 17.6. The van der Waals surface area contributed by atoms with Gasteiger partial charge in [0.1, 0.15) is 48.8 Å². The monoisotopic (exact) mass is 542 g/mol. The van der Waals surface area contributed by atoms with Crippen molar-refractivity contribution in [1.82, 2.24) is 5.32 Å². The Morgan fingerprint density at radius 3 is 1.84 bits per heavy atom. The van der Waals surface area contributed by atoms with Gasteiger partial charge < -0.3 is 70.9 Å². The largest absolute Gasteiger partial charge is 0.394 e. The van der Waals surface area contributed by atoms with Crippen molar-refractivity contribution >= 4 is 5.91 Å². The standard InChI is InChI=1S/C22H42N2O13/c23-6-3-1-2-4-14(27)24-11(10-35-22-20(33)18(31)16(29)13(9-26)37-22)5-7-34-21-19(32)17(30)15(28)12(8-25)36-21/h11-13,15-22,25-26,28-33H,1-10,23H2,(H,24,27)/t11-,12+,13+,15+,16+,17-,18-,19-,20-,21-,22-/m0/s1. The van der Waals surface area contributed by atoms with Crippen LogP contribution >= 0.6 is 0 Å². The van der Waals surface area contributed by atoms with Gasteiger partial charge in [0, 0.05) is 6.42 Å². The van der Waals surface area contributed by atoms with Gasteiger partial charge in [0.2, 0.25) is 5.91 Å². The van der Waals surface area contributed by atoms with Crippen molar-refractivity contribution in [2.75, 3.05) is 33.0 Å². The minimum atomic E-state index is -1.62. The molecule has 218 valence electrons. The van der Waals surface area contributed by atoms with Crippen molar-refractivity contribution in [2.45, 2.75) is 99.6 Å². The maximum absolute atomic E-state index is 12.4. The summed E-state index contributed by atoms with van der Waals surface area (Å²) in [5.41, 5.74) is 5.46. The molecule has 2 heterocycles. The van der Waals surface area contributed by atoms with Crippen molar-refractivity contribution in [3.8, 4) is 0 Å². The van der Waals surface area contributed by atoms with E-state index < -0.39 is 80.7 Å². The summed E-state index contributed by atoms with van der Waals surface area (Å²) >= 11 is 0. The Hall–Kier alpha value is -1.05. The summed E-state index contributed by atoms with van der Waals surface area (Å²) in [5, 5.41) is 81.3. The second-order valence-corrected chi connectivity index (χ2v) is 9.25. The molecule has 2 fully saturated rings. The number of aliphatic hydroxyl groups is 8. The molecule has 0 aromatic rings. The molecular formula is C22H42N2O13. The zero-order chi connectivity index (χ0) is 27.5. The number of aliphatic hydroxyl groups excluding tert-OH is 8. The number of hydrogen-bond donors (Lipinski definition) is 10. The number of carbonyl (C=O) groups is 1. The van der Waals surface area contributed by atoms with Crippen LogP contribution < -0.4 is 11.1 Å². The van der Waals surface area contributed by atoms with E-state index in [0.717, 1.165) is 12.8 Å². The Balaban J connectivity index is 1.95. The number of rotatable bonds is 15. The van der Waals surface area contributed by atoms with E-state index in [2.05, 4.69) is 5.32 Å². The number of nitrogens with one attached hydrogen (secondary N) is 1. The van der Waals surface area contributed by atoms with Crippen molar-refractivity contribution in [2.24, 2.45) is 5.73 Å². The molecule has 0 aromatic carbocycles. The molecule has 2 aliphatic heterocycles. The lowest BCUT2D eigenvalue weighted by Gasteiger charge is -2.40. The highest BCUT2D eigenvalue weighted by molar-refractivity contribution is 5.76. The molecule has 11 N–H and O–H groups in total. The van der Waals surface area contributed by atoms with Gasteiger partial charge in [0.15, 0.2) is 12.6 Å². The van der Waals surface area contributed by atoms with Crippen LogP contribution in [0, 0.1) is 0 Å². The Bertz CT molecular complexity index is 658. The molecule has 37 heavy (non-hydrogen) atoms. The molecule has 0 radical (unpaired) electrons. The lowest BCUT2D eigenvalue weighted by atomic mass is 9.99. The summed E-state index contributed by atoms with van der Waals surface area (Å²) in [6, 6.07) is -0.695. The quantitative estimate of drug-likeness (QED) is 0.0870. The number of unbranched alkanes of at least 4 members (excludes halogenated alkanes) is 2. The molecule has 0 spiro atoms. The third kappa shape index (κ3) is 9.28. The van der Waals surface area contributed by atoms with Crippen LogP contribution in [0.1, 0.15) is 32.1 Å². The summed E-state index contributed by atoms with van der Waals surface area (Å²) in [6.45, 7) is -1.04. The average molecular weight is 543 g/mol. The number of hydrogen-bond acceptors (Lipinski definition) is 14. The molecule has 0 unspecified atom stereocenters. The van der Waals surface area contributed by atoms with Crippen molar-refractivity contribution in [1.29, 1.82) is 0 Å². The van der Waals surface area contributed by atoms with E-state index in [1.165, 1.54) is 0 Å². The average Bonchev–Trinajstić information content (AvgIpc) is 2.89. The second kappa shape index (κ2) is 16.1. The molecule has 2 saturated heterocycles. The van der Waals surface area contributed by atoms with Gasteiger partial charge in [-0.3, -0.25) is 4.79 Å². The van der Waals surface area contributed by atoms with E-state index >= 15 is 0 Å². The first-order valence-electron chi connectivity index (χ1n) is 12.5. The van der Waals surface area contributed by atoms with E-state index in [1.54, 1.807) is 0 Å². The minimum Gasteiger partial charge on any atom is -0.394 e. The van der Waals surface area contributed by atoms with Crippen molar-refractivity contribution in [3.63, 3.8) is 0 Å². The predicted molar refractivity (Wildman–Crippen MR) is 124 cm³/mol. The van der Waals surface area contributed by atoms with Gasteiger partial charge in [0.25, 0.3) is 0 Å². The zero-order valence-electron chi connectivity index (χ0n) is 20.6. The molecule has 11 atom stereocenters. The van der Waals surface area contributed by atoms with Crippen LogP contribution in [-0.4, -0.2) is 147 Å². The van der Waals surface area contributed by atoms with Gasteiger partial charge in [0.05, 0.1) is 32.5 Å². The summed E-state index contributed by atoms with van der Waals surface area (Å²) < 4.78 is 21.7. The van der Waals surface area contributed by atoms with Gasteiger partial charge in [-0.25, -0.2) is 0 Å². The van der Waals surface area contributed by atoms with E-state index in [4.69, 9.17) is 24.7 Å². The molecule has 1 amide bonds. The highest BCUT2D eigenvalue weighted by Crippen LogP contribution is 2.23. The van der Waals surface area contributed by atoms with E-state index in [0.29, 0.717) is 13.0 Å². The van der Waals surface area contributed by atoms with Gasteiger partial charge in [-0.1, -0.05) is 6.42 Å². The van der Waals surface area contributed by atoms with Crippen LogP contribution in [0.15, 0.2) is 0 Å². The second-order valence-electron chi connectivity index (χ2n) is 9.25. The molecule has 2 aliphatic rings. The van der Waals surface area contributed by atoms with E-state index in [-0.39, 0.29) is 32.0 Å². The van der Waals surface area contributed by atoms with Crippen LogP contribution in [0.4, 0.5) is 0 Å². The third-order valence-corrected chi connectivity index (χ3v) is 6.38. The molecular weight excluding hydrogens is 500 g/mol. The molecule has 15 nitrogen and oxygen atoms in total. The zero-order valence-corrected chi connectivity index (χ0v) is 20.6. The Kier molecular flexibility index (Phi) is 14.0. The number of nitrogens with two attached hydrogens (primary N) is 1. The van der Waals surface area contributed by atoms with Gasteiger partial charge in [-0.15, -0.1) is 0 Å². The number of ether oxygens (including phenoxy) is 4. The van der Waals surface area contributed by atoms with Crippen LogP contribution in [0.5, 0.6) is 0 Å². The van der Waals surface area contributed by atoms with Crippen LogP contribution in [0.25, 0.3) is 0 Å². The van der Waals surface area contributed by atoms with Crippen LogP contribution in [0.2, 0.25) is 0 Å². The Morgan fingerprint density at radius 2 is 1.32 bits per heavy atom. The maximum Gasteiger partial charge on any atom is 0.220 e. The highest BCUT2D eigenvalue weighted by Gasteiger charge is 2.45. The normalized spacial score (nSPS) is 37.3. The lowest BCUT2D eigenvalue weighted by molar-refractivity contribution is -0.304. The fourth-order valence-corrected chi connectivity index (χ4v) is 4.05. The summed E-state index contributed by atoms with van der Waals surface area (Å²) in [7, 11) is 0. The number of amides is 1. The molecule has 15 heteroatoms. The smallest absolute Gasteiger partial charge is 0.220 e. The Labute approximate surface area is 214 Å². The molecule has 2 rings (SSSR count). The van der Waals surface area contributed by atoms with Gasteiger partial charge >= 0.3 is 0 Å². The molecule has 0 aliphatic carbocycles. The first kappa shape index (κ1) is 32.2. The van der Waals surface area contributed by atoms with E-state index in [9.17, 15) is 45.6 Å². The van der Waals surface area contributed by atoms with Crippen molar-refractivity contribution in [3.05, 3.63) is 0 Å². The molecule has 0 saturated carbocycles. The van der Waals surface area contributed by atoms with Gasteiger partial charge in [-0.05, 0) is 25.8 Å². The van der Waals surface area contributed by atoms with Crippen LogP contribution in [0.3, 0.4) is 0 Å². The topological polar surface area (TPSA) is 254 Å². The maximum atomic E-state index is 12.4. The number of carbonyl (C=O) groups excluding carboxylic acids is 1. The third-order valence-electron chi connectivity index (χ3n) is 6.38.